The molecule has 2 nitrogen and oxygen atoms in total. The molecule has 0 aromatic heterocycles. The van der Waals surface area contributed by atoms with Crippen molar-refractivity contribution in [1.29, 1.82) is 0 Å². The fourth-order valence-electron chi connectivity index (χ4n) is 3.38. The zero-order valence-electron chi connectivity index (χ0n) is 13.5. The van der Waals surface area contributed by atoms with Gasteiger partial charge in [0.05, 0.1) is 0 Å². The van der Waals surface area contributed by atoms with E-state index in [4.69, 9.17) is 0 Å². The fraction of sp³-hybridized carbons (Fsp3) is 0.667. The minimum Gasteiger partial charge on any atom is -0.317 e. The van der Waals surface area contributed by atoms with Crippen molar-refractivity contribution >= 4 is 0 Å². The smallest absolute Gasteiger partial charge is 0.0156 e. The second kappa shape index (κ2) is 6.73. The zero-order chi connectivity index (χ0) is 14.6. The van der Waals surface area contributed by atoms with Crippen molar-refractivity contribution in [3.8, 4) is 0 Å². The highest BCUT2D eigenvalue weighted by Gasteiger charge is 2.33. The van der Waals surface area contributed by atoms with Crippen LogP contribution in [0.4, 0.5) is 0 Å². The minimum atomic E-state index is 0.294. The summed E-state index contributed by atoms with van der Waals surface area (Å²) in [7, 11) is 2.09. The lowest BCUT2D eigenvalue weighted by molar-refractivity contribution is 0.0506. The Morgan fingerprint density at radius 3 is 2.55 bits per heavy atom. The van der Waals surface area contributed by atoms with Crippen molar-refractivity contribution in [3.63, 3.8) is 0 Å². The normalized spacial score (nSPS) is 24.8. The molecule has 112 valence electrons. The van der Waals surface area contributed by atoms with E-state index in [1.807, 2.05) is 0 Å². The number of aryl methyl sites for hydroxylation is 1. The van der Waals surface area contributed by atoms with E-state index in [9.17, 15) is 0 Å². The van der Waals surface area contributed by atoms with Gasteiger partial charge in [-0.05, 0) is 51.6 Å². The van der Waals surface area contributed by atoms with E-state index in [-0.39, 0.29) is 0 Å². The summed E-state index contributed by atoms with van der Waals surface area (Å²) in [6.45, 7) is 9.62. The average molecular weight is 274 g/mol. The summed E-state index contributed by atoms with van der Waals surface area (Å²) in [5.41, 5.74) is 1.75. The first-order valence-corrected chi connectivity index (χ1v) is 7.99. The first-order valence-electron chi connectivity index (χ1n) is 7.99. The number of rotatable bonds is 5. The maximum atomic E-state index is 3.46. The van der Waals surface area contributed by atoms with E-state index in [1.54, 1.807) is 0 Å². The molecular weight excluding hydrogens is 244 g/mol. The van der Waals surface area contributed by atoms with Crippen LogP contribution in [0, 0.1) is 5.92 Å². The van der Waals surface area contributed by atoms with Gasteiger partial charge in [0.15, 0.2) is 0 Å². The minimum absolute atomic E-state index is 0.294. The zero-order valence-corrected chi connectivity index (χ0v) is 13.5. The van der Waals surface area contributed by atoms with Gasteiger partial charge in [-0.1, -0.05) is 37.3 Å². The Hall–Kier alpha value is -0.860. The van der Waals surface area contributed by atoms with E-state index in [2.05, 4.69) is 68.4 Å². The molecule has 2 rings (SSSR count). The summed E-state index contributed by atoms with van der Waals surface area (Å²) < 4.78 is 0. The highest BCUT2D eigenvalue weighted by atomic mass is 15.2. The van der Waals surface area contributed by atoms with Crippen molar-refractivity contribution in [2.24, 2.45) is 5.92 Å². The molecule has 0 radical (unpaired) electrons. The van der Waals surface area contributed by atoms with Crippen LogP contribution in [-0.4, -0.2) is 36.6 Å². The predicted octanol–water partition coefficient (Wildman–Crippen LogP) is 3.33. The first kappa shape index (κ1) is 15.5. The molecule has 1 aromatic rings. The highest BCUT2D eigenvalue weighted by Crippen LogP contribution is 2.27. The van der Waals surface area contributed by atoms with Crippen LogP contribution in [0.2, 0.25) is 0 Å². The average Bonchev–Trinajstić information content (AvgIpc) is 2.46. The fourth-order valence-corrected chi connectivity index (χ4v) is 3.38. The molecule has 1 saturated heterocycles. The number of nitrogens with zero attached hydrogens (tertiary/aromatic N) is 1. The third kappa shape index (κ3) is 3.83. The maximum absolute atomic E-state index is 3.46. The topological polar surface area (TPSA) is 15.3 Å². The van der Waals surface area contributed by atoms with Crippen molar-refractivity contribution < 1.29 is 0 Å². The van der Waals surface area contributed by atoms with Gasteiger partial charge in [-0.15, -0.1) is 0 Å². The summed E-state index contributed by atoms with van der Waals surface area (Å²) in [6.07, 6.45) is 3.68. The van der Waals surface area contributed by atoms with E-state index >= 15 is 0 Å². The van der Waals surface area contributed by atoms with Gasteiger partial charge in [0, 0.05) is 24.7 Å². The van der Waals surface area contributed by atoms with Crippen LogP contribution in [0.1, 0.15) is 39.2 Å². The molecule has 1 heterocycles. The van der Waals surface area contributed by atoms with Gasteiger partial charge in [-0.3, -0.25) is 4.90 Å². The second-order valence-corrected chi connectivity index (χ2v) is 6.91. The lowest BCUT2D eigenvalue weighted by atomic mass is 9.87. The molecule has 0 amide bonds. The predicted molar refractivity (Wildman–Crippen MR) is 87.0 cm³/mol. The Morgan fingerprint density at radius 2 is 1.95 bits per heavy atom. The van der Waals surface area contributed by atoms with Gasteiger partial charge < -0.3 is 5.32 Å². The van der Waals surface area contributed by atoms with Gasteiger partial charge in [-0.25, -0.2) is 0 Å². The van der Waals surface area contributed by atoms with Crippen LogP contribution in [-0.2, 0) is 6.42 Å². The molecule has 2 unspecified atom stereocenters. The number of benzene rings is 1. The Balaban J connectivity index is 1.90. The maximum Gasteiger partial charge on any atom is 0.0156 e. The Kier molecular flexibility index (Phi) is 5.22. The molecule has 0 spiro atoms. The highest BCUT2D eigenvalue weighted by molar-refractivity contribution is 5.15. The van der Waals surface area contributed by atoms with Gasteiger partial charge in [0.25, 0.3) is 0 Å². The Labute approximate surface area is 124 Å². The summed E-state index contributed by atoms with van der Waals surface area (Å²) in [5, 5.41) is 3.46. The summed E-state index contributed by atoms with van der Waals surface area (Å²) in [6, 6.07) is 11.6. The number of likely N-dealkylation sites (tertiary alicyclic amines) is 1. The van der Waals surface area contributed by atoms with Crippen LogP contribution in [0.15, 0.2) is 30.3 Å². The number of nitrogens with one attached hydrogen (secondary N) is 1. The summed E-state index contributed by atoms with van der Waals surface area (Å²) >= 11 is 0. The lowest BCUT2D eigenvalue weighted by Crippen LogP contribution is -2.54. The lowest BCUT2D eigenvalue weighted by Gasteiger charge is -2.46. The molecular formula is C18H30N2. The largest absolute Gasteiger partial charge is 0.317 e. The quantitative estimate of drug-likeness (QED) is 0.886. The van der Waals surface area contributed by atoms with E-state index in [0.29, 0.717) is 11.6 Å². The SMILES string of the molecule is CNC1CCN(C(C)(C)CCc2ccccc2)CC1C. The van der Waals surface area contributed by atoms with Gasteiger partial charge in [0.2, 0.25) is 0 Å². The standard InChI is InChI=1S/C18H30N2/c1-15-14-20(13-11-17(15)19-4)18(2,3)12-10-16-8-6-5-7-9-16/h5-9,15,17,19H,10-14H2,1-4H3. The number of hydrogen-bond acceptors (Lipinski definition) is 2. The van der Waals surface area contributed by atoms with Gasteiger partial charge in [0.1, 0.15) is 0 Å². The van der Waals surface area contributed by atoms with E-state index in [0.717, 1.165) is 5.92 Å². The molecule has 1 aliphatic rings. The van der Waals surface area contributed by atoms with Gasteiger partial charge >= 0.3 is 0 Å². The number of hydrogen-bond donors (Lipinski definition) is 1. The summed E-state index contributed by atoms with van der Waals surface area (Å²) in [5.74, 6) is 0.741. The van der Waals surface area contributed by atoms with Crippen LogP contribution in [0.25, 0.3) is 0 Å². The molecule has 1 fully saturated rings. The van der Waals surface area contributed by atoms with Crippen LogP contribution >= 0.6 is 0 Å². The second-order valence-electron chi connectivity index (χ2n) is 6.91. The van der Waals surface area contributed by atoms with Crippen molar-refractivity contribution in [2.45, 2.75) is 51.6 Å². The van der Waals surface area contributed by atoms with Crippen molar-refractivity contribution in [2.75, 3.05) is 20.1 Å². The van der Waals surface area contributed by atoms with Crippen LogP contribution < -0.4 is 5.32 Å². The Bertz CT molecular complexity index is 399. The molecule has 0 bridgehead atoms. The third-order valence-electron chi connectivity index (χ3n) is 5.00. The molecule has 1 aliphatic heterocycles. The molecule has 0 saturated carbocycles. The van der Waals surface area contributed by atoms with E-state index < -0.39 is 0 Å². The van der Waals surface area contributed by atoms with Crippen LogP contribution in [0.5, 0.6) is 0 Å². The van der Waals surface area contributed by atoms with Crippen molar-refractivity contribution in [1.82, 2.24) is 10.2 Å². The molecule has 1 N–H and O–H groups in total. The van der Waals surface area contributed by atoms with Gasteiger partial charge in [-0.2, -0.15) is 0 Å². The molecule has 2 atom stereocenters. The van der Waals surface area contributed by atoms with Crippen LogP contribution in [0.3, 0.4) is 0 Å². The monoisotopic (exact) mass is 274 g/mol. The molecule has 20 heavy (non-hydrogen) atoms. The third-order valence-corrected chi connectivity index (χ3v) is 5.00. The number of piperidine rings is 1. The Morgan fingerprint density at radius 1 is 1.25 bits per heavy atom. The van der Waals surface area contributed by atoms with Crippen molar-refractivity contribution in [3.05, 3.63) is 35.9 Å². The summed E-state index contributed by atoms with van der Waals surface area (Å²) in [4.78, 5) is 2.69. The molecule has 0 aliphatic carbocycles. The molecule has 2 heteroatoms. The first-order chi connectivity index (χ1) is 9.53. The molecule has 1 aromatic carbocycles. The van der Waals surface area contributed by atoms with E-state index in [1.165, 1.54) is 37.9 Å².